The van der Waals surface area contributed by atoms with Crippen LogP contribution in [0.5, 0.6) is 0 Å². The number of thiazole rings is 1. The predicted molar refractivity (Wildman–Crippen MR) is 117 cm³/mol. The quantitative estimate of drug-likeness (QED) is 0.369. The maximum atomic E-state index is 5.44. The van der Waals surface area contributed by atoms with E-state index in [1.165, 1.54) is 19.3 Å². The van der Waals surface area contributed by atoms with E-state index in [0.717, 1.165) is 49.0 Å². The van der Waals surface area contributed by atoms with Crippen LogP contribution in [0.2, 0.25) is 0 Å². The van der Waals surface area contributed by atoms with Crippen LogP contribution in [-0.2, 0) is 11.3 Å². The van der Waals surface area contributed by atoms with Crippen LogP contribution in [0.25, 0.3) is 0 Å². The summed E-state index contributed by atoms with van der Waals surface area (Å²) in [7, 11) is 6.15. The van der Waals surface area contributed by atoms with Crippen molar-refractivity contribution in [1.29, 1.82) is 0 Å². The topological polar surface area (TPSA) is 53.0 Å². The number of nitrogens with zero attached hydrogens (tertiary/aromatic N) is 4. The zero-order chi connectivity index (χ0) is 17.4. The summed E-state index contributed by atoms with van der Waals surface area (Å²) in [6.07, 6.45) is 3.58. The molecule has 0 aromatic carbocycles. The summed E-state index contributed by atoms with van der Waals surface area (Å²) in [6.45, 7) is 6.46. The molecule has 0 atom stereocenters. The van der Waals surface area contributed by atoms with Crippen molar-refractivity contribution < 1.29 is 4.74 Å². The summed E-state index contributed by atoms with van der Waals surface area (Å²) in [4.78, 5) is 13.6. The van der Waals surface area contributed by atoms with E-state index in [9.17, 15) is 0 Å². The van der Waals surface area contributed by atoms with Gasteiger partial charge in [-0.2, -0.15) is 0 Å². The molecule has 0 spiro atoms. The maximum Gasteiger partial charge on any atom is 0.194 e. The minimum absolute atomic E-state index is 0. The van der Waals surface area contributed by atoms with Crippen LogP contribution in [0.3, 0.4) is 0 Å². The molecular formula is C17H32IN5OS. The fourth-order valence-corrected chi connectivity index (χ4v) is 3.47. The third-order valence-electron chi connectivity index (χ3n) is 4.22. The van der Waals surface area contributed by atoms with Gasteiger partial charge < -0.3 is 19.9 Å². The largest absolute Gasteiger partial charge is 0.381 e. The molecule has 1 aromatic heterocycles. The van der Waals surface area contributed by atoms with Gasteiger partial charge in [-0.05, 0) is 32.1 Å². The Morgan fingerprint density at radius 2 is 2.08 bits per heavy atom. The van der Waals surface area contributed by atoms with Crippen molar-refractivity contribution in [3.63, 3.8) is 0 Å². The van der Waals surface area contributed by atoms with E-state index < -0.39 is 0 Å². The highest BCUT2D eigenvalue weighted by Gasteiger charge is 2.15. The Balaban J connectivity index is 0.00000312. The maximum absolute atomic E-state index is 5.44. The minimum atomic E-state index is 0. The lowest BCUT2D eigenvalue weighted by Gasteiger charge is -2.26. The number of halogens is 1. The Hall–Kier alpha value is -0.610. The van der Waals surface area contributed by atoms with Crippen molar-refractivity contribution in [1.82, 2.24) is 15.2 Å². The number of guanidine groups is 1. The minimum Gasteiger partial charge on any atom is -0.381 e. The fourth-order valence-electron chi connectivity index (χ4n) is 2.72. The Bertz CT molecular complexity index is 517. The molecule has 1 saturated heterocycles. The molecule has 0 amide bonds. The van der Waals surface area contributed by atoms with Crippen LogP contribution < -0.4 is 10.2 Å². The van der Waals surface area contributed by atoms with E-state index in [0.29, 0.717) is 6.54 Å². The van der Waals surface area contributed by atoms with Gasteiger partial charge in [-0.1, -0.05) is 0 Å². The van der Waals surface area contributed by atoms with Crippen LogP contribution in [0.1, 0.15) is 31.9 Å². The van der Waals surface area contributed by atoms with E-state index in [1.807, 2.05) is 19.0 Å². The van der Waals surface area contributed by atoms with Crippen LogP contribution in [-0.4, -0.2) is 63.3 Å². The number of nitrogens with one attached hydrogen (secondary N) is 1. The Morgan fingerprint density at radius 3 is 2.68 bits per heavy atom. The predicted octanol–water partition coefficient (Wildman–Crippen LogP) is 3.04. The zero-order valence-electron chi connectivity index (χ0n) is 15.8. The van der Waals surface area contributed by atoms with Gasteiger partial charge in [0.1, 0.15) is 0 Å². The standard InChI is InChI=1S/C17H31N5OS.HI/c1-5-18-16(19-12-15-13-24-17(20-15)21(2)3)22(4)9-6-14-7-10-23-11-8-14;/h13-14H,5-12H2,1-4H3,(H,18,19);1H. The number of hydrogen-bond donors (Lipinski definition) is 1. The van der Waals surface area contributed by atoms with E-state index in [4.69, 9.17) is 9.73 Å². The molecule has 2 rings (SSSR count). The van der Waals surface area contributed by atoms with Gasteiger partial charge in [-0.3, -0.25) is 0 Å². The summed E-state index contributed by atoms with van der Waals surface area (Å²) in [5.41, 5.74) is 1.02. The molecule has 1 N–H and O–H groups in total. The first-order chi connectivity index (χ1) is 11.6. The Kier molecular flexibility index (Phi) is 10.7. The smallest absolute Gasteiger partial charge is 0.194 e. The fraction of sp³-hybridized carbons (Fsp3) is 0.765. The number of aromatic nitrogens is 1. The highest BCUT2D eigenvalue weighted by molar-refractivity contribution is 14.0. The lowest BCUT2D eigenvalue weighted by molar-refractivity contribution is 0.0625. The van der Waals surface area contributed by atoms with Crippen LogP contribution >= 0.6 is 35.3 Å². The van der Waals surface area contributed by atoms with Crippen LogP contribution in [0.4, 0.5) is 5.13 Å². The van der Waals surface area contributed by atoms with Gasteiger partial charge >= 0.3 is 0 Å². The van der Waals surface area contributed by atoms with Crippen molar-refractivity contribution in [2.45, 2.75) is 32.7 Å². The molecule has 0 unspecified atom stereocenters. The number of ether oxygens (including phenoxy) is 1. The zero-order valence-corrected chi connectivity index (χ0v) is 19.0. The normalized spacial score (nSPS) is 15.6. The summed E-state index contributed by atoms with van der Waals surface area (Å²) < 4.78 is 5.44. The van der Waals surface area contributed by atoms with Gasteiger partial charge in [0.2, 0.25) is 0 Å². The summed E-state index contributed by atoms with van der Waals surface area (Å²) in [6, 6.07) is 0. The van der Waals surface area contributed by atoms with Crippen molar-refractivity contribution in [2.75, 3.05) is 52.3 Å². The van der Waals surface area contributed by atoms with E-state index in [2.05, 4.69) is 34.6 Å². The van der Waals surface area contributed by atoms with E-state index in [1.54, 1.807) is 11.3 Å². The molecule has 8 heteroatoms. The van der Waals surface area contributed by atoms with Gasteiger partial charge in [-0.15, -0.1) is 35.3 Å². The van der Waals surface area contributed by atoms with Crippen LogP contribution in [0, 0.1) is 5.92 Å². The molecule has 1 fully saturated rings. The monoisotopic (exact) mass is 481 g/mol. The molecule has 0 saturated carbocycles. The summed E-state index contributed by atoms with van der Waals surface area (Å²) in [5.74, 6) is 1.74. The lowest BCUT2D eigenvalue weighted by Crippen LogP contribution is -2.40. The highest BCUT2D eigenvalue weighted by atomic mass is 127. The van der Waals surface area contributed by atoms with Crippen molar-refractivity contribution in [3.05, 3.63) is 11.1 Å². The summed E-state index contributed by atoms with van der Waals surface area (Å²) >= 11 is 1.66. The van der Waals surface area contributed by atoms with E-state index in [-0.39, 0.29) is 24.0 Å². The molecule has 25 heavy (non-hydrogen) atoms. The first kappa shape index (κ1) is 22.4. The van der Waals surface area contributed by atoms with Crippen molar-refractivity contribution in [3.8, 4) is 0 Å². The van der Waals surface area contributed by atoms with Gasteiger partial charge in [0, 0.05) is 52.8 Å². The molecule has 0 bridgehead atoms. The second-order valence-corrected chi connectivity index (χ2v) is 7.29. The number of rotatable bonds is 7. The van der Waals surface area contributed by atoms with Gasteiger partial charge in [0.15, 0.2) is 11.1 Å². The molecule has 1 aromatic rings. The molecule has 144 valence electrons. The second-order valence-electron chi connectivity index (χ2n) is 6.45. The Labute approximate surface area is 173 Å². The molecule has 2 heterocycles. The molecule has 1 aliphatic rings. The Morgan fingerprint density at radius 1 is 1.36 bits per heavy atom. The van der Waals surface area contributed by atoms with Gasteiger partial charge in [0.05, 0.1) is 12.2 Å². The molecular weight excluding hydrogens is 449 g/mol. The van der Waals surface area contributed by atoms with Crippen molar-refractivity contribution >= 4 is 46.4 Å². The third-order valence-corrected chi connectivity index (χ3v) is 5.28. The average molecular weight is 481 g/mol. The molecule has 1 aliphatic heterocycles. The highest BCUT2D eigenvalue weighted by Crippen LogP contribution is 2.19. The number of hydrogen-bond acceptors (Lipinski definition) is 5. The second kappa shape index (κ2) is 11.9. The van der Waals surface area contributed by atoms with E-state index >= 15 is 0 Å². The SMILES string of the molecule is CCNC(=NCc1csc(N(C)C)n1)N(C)CCC1CCOCC1.I. The van der Waals surface area contributed by atoms with Crippen LogP contribution in [0.15, 0.2) is 10.4 Å². The van der Waals surface area contributed by atoms with Crippen molar-refractivity contribution in [2.24, 2.45) is 10.9 Å². The van der Waals surface area contributed by atoms with Gasteiger partial charge in [-0.25, -0.2) is 9.98 Å². The first-order valence-corrected chi connectivity index (χ1v) is 9.67. The van der Waals surface area contributed by atoms with Gasteiger partial charge in [0.25, 0.3) is 0 Å². The molecule has 6 nitrogen and oxygen atoms in total. The number of anilines is 1. The lowest BCUT2D eigenvalue weighted by atomic mass is 9.96. The molecule has 0 aliphatic carbocycles. The number of aliphatic imine (C=N–C) groups is 1. The first-order valence-electron chi connectivity index (χ1n) is 8.79. The average Bonchev–Trinajstić information content (AvgIpc) is 3.06. The summed E-state index contributed by atoms with van der Waals surface area (Å²) in [5, 5.41) is 6.50. The molecule has 0 radical (unpaired) electrons. The third kappa shape index (κ3) is 7.65.